The molecule has 21 heavy (non-hydrogen) atoms. The van der Waals surface area contributed by atoms with E-state index in [4.69, 9.17) is 0 Å². The maximum absolute atomic E-state index is 11.9. The van der Waals surface area contributed by atoms with Crippen LogP contribution >= 0.6 is 0 Å². The predicted molar refractivity (Wildman–Crippen MR) is 73.4 cm³/mol. The highest BCUT2D eigenvalue weighted by atomic mass is 16.6. The van der Waals surface area contributed by atoms with Gasteiger partial charge in [-0.1, -0.05) is 0 Å². The smallest absolute Gasteiger partial charge is 0.312 e. The van der Waals surface area contributed by atoms with E-state index in [1.54, 1.807) is 38.0 Å². The minimum absolute atomic E-state index is 0.0462. The summed E-state index contributed by atoms with van der Waals surface area (Å²) in [6.45, 7) is 3.43. The van der Waals surface area contributed by atoms with E-state index >= 15 is 0 Å². The fourth-order valence-electron chi connectivity index (χ4n) is 2.06. The van der Waals surface area contributed by atoms with Crippen LogP contribution < -0.4 is 5.32 Å². The van der Waals surface area contributed by atoms with Crippen molar-refractivity contribution in [2.24, 2.45) is 7.05 Å². The van der Waals surface area contributed by atoms with Crippen LogP contribution in [-0.4, -0.2) is 30.4 Å². The molecule has 0 radical (unpaired) electrons. The summed E-state index contributed by atoms with van der Waals surface area (Å²) in [6.07, 6.45) is 3.46. The zero-order valence-corrected chi connectivity index (χ0v) is 12.0. The minimum atomic E-state index is -0.484. The number of rotatable bonds is 5. The fourth-order valence-corrected chi connectivity index (χ4v) is 2.06. The Labute approximate surface area is 120 Å². The topological polar surface area (TPSA) is 108 Å². The summed E-state index contributed by atoms with van der Waals surface area (Å²) in [6, 6.07) is 0. The molecule has 0 spiro atoms. The average Bonchev–Trinajstić information content (AvgIpc) is 2.91. The van der Waals surface area contributed by atoms with Gasteiger partial charge in [0.2, 0.25) is 5.91 Å². The molecule has 0 bridgehead atoms. The Kier molecular flexibility index (Phi) is 4.01. The Morgan fingerprint density at radius 2 is 2.19 bits per heavy atom. The van der Waals surface area contributed by atoms with Crippen LogP contribution in [0.1, 0.15) is 17.0 Å². The fraction of sp³-hybridized carbons (Fsp3) is 0.417. The van der Waals surface area contributed by atoms with Crippen molar-refractivity contribution in [3.8, 4) is 0 Å². The van der Waals surface area contributed by atoms with E-state index in [0.717, 1.165) is 5.56 Å². The second kappa shape index (κ2) is 5.73. The summed E-state index contributed by atoms with van der Waals surface area (Å²) in [7, 11) is 1.79. The van der Waals surface area contributed by atoms with Gasteiger partial charge < -0.3 is 5.32 Å². The second-order valence-electron chi connectivity index (χ2n) is 4.73. The van der Waals surface area contributed by atoms with Crippen LogP contribution in [0.15, 0.2) is 12.4 Å². The van der Waals surface area contributed by atoms with Crippen molar-refractivity contribution in [2.45, 2.75) is 26.9 Å². The molecule has 0 aliphatic carbocycles. The highest BCUT2D eigenvalue weighted by molar-refractivity contribution is 5.75. The normalized spacial score (nSPS) is 10.6. The summed E-state index contributed by atoms with van der Waals surface area (Å²) >= 11 is 0. The lowest BCUT2D eigenvalue weighted by molar-refractivity contribution is -0.386. The van der Waals surface area contributed by atoms with E-state index in [1.165, 1.54) is 4.68 Å². The summed E-state index contributed by atoms with van der Waals surface area (Å²) < 4.78 is 2.98. The SMILES string of the molecule is Cc1nn(CC(=O)NCc2cnn(C)c2)c(C)c1[N+](=O)[O-]. The first-order valence-electron chi connectivity index (χ1n) is 6.31. The number of carbonyl (C=O) groups is 1. The Hall–Kier alpha value is -2.71. The first kappa shape index (κ1) is 14.7. The lowest BCUT2D eigenvalue weighted by Crippen LogP contribution is -2.27. The Morgan fingerprint density at radius 1 is 1.48 bits per heavy atom. The van der Waals surface area contributed by atoms with Gasteiger partial charge in [0.25, 0.3) is 0 Å². The van der Waals surface area contributed by atoms with Gasteiger partial charge in [-0.3, -0.25) is 24.3 Å². The van der Waals surface area contributed by atoms with E-state index < -0.39 is 4.92 Å². The van der Waals surface area contributed by atoms with Gasteiger partial charge in [-0.05, 0) is 13.8 Å². The number of amides is 1. The number of nitrogens with one attached hydrogen (secondary N) is 1. The van der Waals surface area contributed by atoms with Crippen LogP contribution in [0.4, 0.5) is 5.69 Å². The van der Waals surface area contributed by atoms with Gasteiger partial charge in [0.15, 0.2) is 0 Å². The number of nitro groups is 1. The van der Waals surface area contributed by atoms with Crippen molar-refractivity contribution >= 4 is 11.6 Å². The number of hydrogen-bond donors (Lipinski definition) is 1. The van der Waals surface area contributed by atoms with Crippen LogP contribution in [-0.2, 0) is 24.9 Å². The minimum Gasteiger partial charge on any atom is -0.350 e. The van der Waals surface area contributed by atoms with Gasteiger partial charge in [0.05, 0.1) is 11.1 Å². The van der Waals surface area contributed by atoms with Crippen LogP contribution in [0, 0.1) is 24.0 Å². The molecular weight excluding hydrogens is 276 g/mol. The Bertz CT molecular complexity index is 687. The molecule has 2 aromatic heterocycles. The zero-order chi connectivity index (χ0) is 15.6. The lowest BCUT2D eigenvalue weighted by Gasteiger charge is -2.05. The molecule has 0 saturated heterocycles. The van der Waals surface area contributed by atoms with Crippen molar-refractivity contribution in [2.75, 3.05) is 0 Å². The third-order valence-electron chi connectivity index (χ3n) is 3.07. The Balaban J connectivity index is 2.00. The number of nitrogens with zero attached hydrogens (tertiary/aromatic N) is 5. The van der Waals surface area contributed by atoms with E-state index in [2.05, 4.69) is 15.5 Å². The third kappa shape index (κ3) is 3.25. The molecule has 1 amide bonds. The maximum atomic E-state index is 11.9. The maximum Gasteiger partial charge on any atom is 0.312 e. The van der Waals surface area contributed by atoms with Crippen molar-refractivity contribution in [3.05, 3.63) is 39.5 Å². The molecule has 1 N–H and O–H groups in total. The van der Waals surface area contributed by atoms with Crippen molar-refractivity contribution in [1.29, 1.82) is 0 Å². The summed E-state index contributed by atoms with van der Waals surface area (Å²) in [5, 5.41) is 21.6. The second-order valence-corrected chi connectivity index (χ2v) is 4.73. The summed E-state index contributed by atoms with van der Waals surface area (Å²) in [5.74, 6) is -0.264. The Morgan fingerprint density at radius 3 is 2.71 bits per heavy atom. The molecule has 2 heterocycles. The highest BCUT2D eigenvalue weighted by Gasteiger charge is 2.22. The monoisotopic (exact) mass is 292 g/mol. The first-order valence-corrected chi connectivity index (χ1v) is 6.31. The molecule has 0 atom stereocenters. The number of aryl methyl sites for hydroxylation is 2. The molecular formula is C12H16N6O3. The third-order valence-corrected chi connectivity index (χ3v) is 3.07. The van der Waals surface area contributed by atoms with Crippen LogP contribution in [0.3, 0.4) is 0 Å². The number of hydrogen-bond acceptors (Lipinski definition) is 5. The van der Waals surface area contributed by atoms with Gasteiger partial charge >= 0.3 is 5.69 Å². The molecule has 0 aliphatic heterocycles. The van der Waals surface area contributed by atoms with Crippen molar-refractivity contribution < 1.29 is 9.72 Å². The van der Waals surface area contributed by atoms with E-state index in [0.29, 0.717) is 17.9 Å². The standard InChI is InChI=1S/C12H16N6O3/c1-8-12(18(20)21)9(2)17(15-8)7-11(19)13-4-10-5-14-16(3)6-10/h5-6H,4,7H2,1-3H3,(H,13,19). The molecule has 0 aromatic carbocycles. The average molecular weight is 292 g/mol. The molecule has 2 aromatic rings. The predicted octanol–water partition coefficient (Wildman–Crippen LogP) is 0.458. The highest BCUT2D eigenvalue weighted by Crippen LogP contribution is 2.21. The number of carbonyl (C=O) groups excluding carboxylic acids is 1. The van der Waals surface area contributed by atoms with E-state index in [1.807, 2.05) is 0 Å². The largest absolute Gasteiger partial charge is 0.350 e. The molecule has 9 heteroatoms. The summed E-state index contributed by atoms with van der Waals surface area (Å²) in [5.41, 5.74) is 1.51. The molecule has 0 unspecified atom stereocenters. The number of aromatic nitrogens is 4. The van der Waals surface area contributed by atoms with Crippen LogP contribution in [0.25, 0.3) is 0 Å². The van der Waals surface area contributed by atoms with Gasteiger partial charge in [-0.25, -0.2) is 0 Å². The van der Waals surface area contributed by atoms with Gasteiger partial charge in [-0.2, -0.15) is 10.2 Å². The van der Waals surface area contributed by atoms with Gasteiger partial charge in [-0.15, -0.1) is 0 Å². The van der Waals surface area contributed by atoms with Gasteiger partial charge in [0, 0.05) is 25.4 Å². The van der Waals surface area contributed by atoms with Crippen molar-refractivity contribution in [1.82, 2.24) is 24.9 Å². The molecule has 0 aliphatic rings. The molecule has 2 rings (SSSR count). The molecule has 9 nitrogen and oxygen atoms in total. The molecule has 112 valence electrons. The van der Waals surface area contributed by atoms with E-state index in [-0.39, 0.29) is 18.1 Å². The first-order chi connectivity index (χ1) is 9.88. The van der Waals surface area contributed by atoms with Crippen molar-refractivity contribution in [3.63, 3.8) is 0 Å². The summed E-state index contributed by atoms with van der Waals surface area (Å²) in [4.78, 5) is 22.3. The van der Waals surface area contributed by atoms with E-state index in [9.17, 15) is 14.9 Å². The van der Waals surface area contributed by atoms with Crippen LogP contribution in [0.5, 0.6) is 0 Å². The van der Waals surface area contributed by atoms with Crippen LogP contribution in [0.2, 0.25) is 0 Å². The quantitative estimate of drug-likeness (QED) is 0.636. The van der Waals surface area contributed by atoms with Gasteiger partial charge in [0.1, 0.15) is 17.9 Å². The zero-order valence-electron chi connectivity index (χ0n) is 12.0. The molecule has 0 fully saturated rings. The molecule has 0 saturated carbocycles. The lowest BCUT2D eigenvalue weighted by atomic mass is 10.3.